The molecule has 1 aliphatic rings. The molecule has 2 rings (SSSR count). The molecule has 0 aliphatic carbocycles. The van der Waals surface area contributed by atoms with Crippen LogP contribution in [0.1, 0.15) is 26.3 Å². The van der Waals surface area contributed by atoms with Gasteiger partial charge in [0.25, 0.3) is 0 Å². The van der Waals surface area contributed by atoms with Crippen LogP contribution >= 0.6 is 0 Å². The second-order valence-electron chi connectivity index (χ2n) is 5.64. The van der Waals surface area contributed by atoms with E-state index in [1.54, 1.807) is 6.92 Å². The van der Waals surface area contributed by atoms with Gasteiger partial charge in [0.1, 0.15) is 6.10 Å². The number of carbonyl (C=O) groups excluding carboxylic acids is 2. The number of aliphatic hydroxyl groups is 1. The van der Waals surface area contributed by atoms with E-state index in [2.05, 4.69) is 0 Å². The molecule has 0 spiro atoms. The molecule has 1 fully saturated rings. The summed E-state index contributed by atoms with van der Waals surface area (Å²) in [7, 11) is 0. The van der Waals surface area contributed by atoms with Gasteiger partial charge in [0.2, 0.25) is 0 Å². The molecule has 0 saturated carbocycles. The highest BCUT2D eigenvalue weighted by molar-refractivity contribution is 5.67. The Morgan fingerprint density at radius 3 is 2.21 bits per heavy atom. The first-order valence-electron chi connectivity index (χ1n) is 7.72. The SMILES string of the molecule is CC(=O)O[C@@H]1[C@H](OC(C)=O)[C@H](C)O[C@H](O)[C@H]1OCc1ccccc1. The molecule has 0 amide bonds. The van der Waals surface area contributed by atoms with Crippen molar-refractivity contribution in [3.8, 4) is 0 Å². The van der Waals surface area contributed by atoms with E-state index in [0.717, 1.165) is 5.56 Å². The minimum absolute atomic E-state index is 0.185. The van der Waals surface area contributed by atoms with Crippen molar-refractivity contribution in [1.29, 1.82) is 0 Å². The number of aliphatic hydroxyl groups excluding tert-OH is 1. The lowest BCUT2D eigenvalue weighted by atomic mass is 9.99. The van der Waals surface area contributed by atoms with E-state index in [-0.39, 0.29) is 6.61 Å². The van der Waals surface area contributed by atoms with Gasteiger partial charge in [0, 0.05) is 13.8 Å². The minimum Gasteiger partial charge on any atom is -0.456 e. The Morgan fingerprint density at radius 2 is 1.62 bits per heavy atom. The highest BCUT2D eigenvalue weighted by Crippen LogP contribution is 2.28. The van der Waals surface area contributed by atoms with Crippen LogP contribution in [0.4, 0.5) is 0 Å². The van der Waals surface area contributed by atoms with Gasteiger partial charge in [-0.1, -0.05) is 30.3 Å². The number of carbonyl (C=O) groups is 2. The van der Waals surface area contributed by atoms with Gasteiger partial charge >= 0.3 is 11.9 Å². The zero-order valence-electron chi connectivity index (χ0n) is 13.9. The molecule has 1 aromatic carbocycles. The van der Waals surface area contributed by atoms with Crippen LogP contribution in [0.5, 0.6) is 0 Å². The van der Waals surface area contributed by atoms with E-state index in [0.29, 0.717) is 0 Å². The molecule has 1 heterocycles. The van der Waals surface area contributed by atoms with E-state index < -0.39 is 42.6 Å². The smallest absolute Gasteiger partial charge is 0.303 e. The average Bonchev–Trinajstić information content (AvgIpc) is 2.51. The van der Waals surface area contributed by atoms with Crippen molar-refractivity contribution >= 4 is 11.9 Å². The summed E-state index contributed by atoms with van der Waals surface area (Å²) in [6.07, 6.45) is -4.76. The summed E-state index contributed by atoms with van der Waals surface area (Å²) in [5, 5.41) is 10.2. The Morgan fingerprint density at radius 1 is 1.04 bits per heavy atom. The number of hydrogen-bond donors (Lipinski definition) is 1. The maximum absolute atomic E-state index is 11.4. The third-order valence-corrected chi connectivity index (χ3v) is 3.63. The first-order valence-corrected chi connectivity index (χ1v) is 7.72. The summed E-state index contributed by atoms with van der Waals surface area (Å²) in [4.78, 5) is 22.8. The molecule has 5 atom stereocenters. The normalized spacial score (nSPS) is 29.8. The van der Waals surface area contributed by atoms with Gasteiger partial charge in [-0.3, -0.25) is 9.59 Å². The fourth-order valence-electron chi connectivity index (χ4n) is 2.62. The molecule has 1 N–H and O–H groups in total. The van der Waals surface area contributed by atoms with Gasteiger partial charge < -0.3 is 24.1 Å². The predicted octanol–water partition coefficient (Wildman–Crippen LogP) is 1.17. The highest BCUT2D eigenvalue weighted by atomic mass is 16.7. The summed E-state index contributed by atoms with van der Waals surface area (Å²) >= 11 is 0. The summed E-state index contributed by atoms with van der Waals surface area (Å²) in [5.74, 6) is -1.10. The van der Waals surface area contributed by atoms with Crippen LogP contribution in [0.25, 0.3) is 0 Å². The summed E-state index contributed by atoms with van der Waals surface area (Å²) in [6, 6.07) is 9.33. The van der Waals surface area contributed by atoms with Crippen molar-refractivity contribution in [2.75, 3.05) is 0 Å². The molecule has 1 aromatic rings. The number of benzene rings is 1. The van der Waals surface area contributed by atoms with E-state index in [4.69, 9.17) is 18.9 Å². The van der Waals surface area contributed by atoms with Gasteiger partial charge in [-0.25, -0.2) is 0 Å². The van der Waals surface area contributed by atoms with E-state index >= 15 is 0 Å². The average molecular weight is 338 g/mol. The Hall–Kier alpha value is -1.96. The number of hydrogen-bond acceptors (Lipinski definition) is 7. The van der Waals surface area contributed by atoms with Crippen molar-refractivity contribution < 1.29 is 33.6 Å². The second-order valence-corrected chi connectivity index (χ2v) is 5.64. The van der Waals surface area contributed by atoms with Crippen LogP contribution in [-0.4, -0.2) is 47.8 Å². The number of rotatable bonds is 5. The monoisotopic (exact) mass is 338 g/mol. The van der Waals surface area contributed by atoms with Crippen LogP contribution in [-0.2, 0) is 35.1 Å². The molecule has 0 bridgehead atoms. The van der Waals surface area contributed by atoms with E-state index in [9.17, 15) is 14.7 Å². The second kappa shape index (κ2) is 8.23. The zero-order chi connectivity index (χ0) is 17.7. The van der Waals surface area contributed by atoms with Crippen molar-refractivity contribution in [2.24, 2.45) is 0 Å². The fourth-order valence-corrected chi connectivity index (χ4v) is 2.62. The van der Waals surface area contributed by atoms with Gasteiger partial charge in [0.15, 0.2) is 18.5 Å². The van der Waals surface area contributed by atoms with Crippen LogP contribution in [0.3, 0.4) is 0 Å². The van der Waals surface area contributed by atoms with Crippen LogP contribution in [0.2, 0.25) is 0 Å². The maximum atomic E-state index is 11.4. The molecule has 0 radical (unpaired) electrons. The quantitative estimate of drug-likeness (QED) is 0.806. The standard InChI is InChI=1S/C17H22O7/c1-10-14(23-11(2)18)15(24-12(3)19)16(17(20)22-10)21-9-13-7-5-4-6-8-13/h4-8,10,14-17,20H,9H2,1-3H3/t10-,14+,15+,16-,17-/m0/s1. The zero-order valence-corrected chi connectivity index (χ0v) is 13.9. The molecule has 1 saturated heterocycles. The number of esters is 2. The number of ether oxygens (including phenoxy) is 4. The molecule has 7 nitrogen and oxygen atoms in total. The van der Waals surface area contributed by atoms with Crippen LogP contribution < -0.4 is 0 Å². The first-order chi connectivity index (χ1) is 11.4. The minimum atomic E-state index is -1.31. The third kappa shape index (κ3) is 4.77. The van der Waals surface area contributed by atoms with E-state index in [1.165, 1.54) is 13.8 Å². The highest BCUT2D eigenvalue weighted by Gasteiger charge is 2.48. The molecule has 0 unspecified atom stereocenters. The molecule has 132 valence electrons. The van der Waals surface area contributed by atoms with Gasteiger partial charge in [-0.2, -0.15) is 0 Å². The van der Waals surface area contributed by atoms with Crippen LogP contribution in [0, 0.1) is 0 Å². The van der Waals surface area contributed by atoms with Gasteiger partial charge in [-0.15, -0.1) is 0 Å². The largest absolute Gasteiger partial charge is 0.456 e. The van der Waals surface area contributed by atoms with Crippen molar-refractivity contribution in [2.45, 2.75) is 58.1 Å². The van der Waals surface area contributed by atoms with Crippen molar-refractivity contribution in [3.63, 3.8) is 0 Å². The predicted molar refractivity (Wildman–Crippen MR) is 82.7 cm³/mol. The molecule has 0 aromatic heterocycles. The molecule has 1 aliphatic heterocycles. The van der Waals surface area contributed by atoms with Gasteiger partial charge in [0.05, 0.1) is 12.7 Å². The summed E-state index contributed by atoms with van der Waals surface area (Å²) in [6.45, 7) is 4.31. The van der Waals surface area contributed by atoms with E-state index in [1.807, 2.05) is 30.3 Å². The lowest BCUT2D eigenvalue weighted by Crippen LogP contribution is -2.60. The topological polar surface area (TPSA) is 91.3 Å². The van der Waals surface area contributed by atoms with Crippen molar-refractivity contribution in [3.05, 3.63) is 35.9 Å². The Kier molecular flexibility index (Phi) is 6.30. The molecule has 7 heteroatoms. The van der Waals surface area contributed by atoms with Crippen molar-refractivity contribution in [1.82, 2.24) is 0 Å². The Labute approximate surface area is 140 Å². The van der Waals surface area contributed by atoms with Crippen LogP contribution in [0.15, 0.2) is 30.3 Å². The Bertz CT molecular complexity index is 559. The summed E-state index contributed by atoms with van der Waals surface area (Å²) < 4.78 is 21.6. The Balaban J connectivity index is 2.16. The lowest BCUT2D eigenvalue weighted by molar-refractivity contribution is -0.295. The molecule has 24 heavy (non-hydrogen) atoms. The third-order valence-electron chi connectivity index (χ3n) is 3.63. The maximum Gasteiger partial charge on any atom is 0.303 e. The molecular formula is C17H22O7. The molecular weight excluding hydrogens is 316 g/mol. The first kappa shape index (κ1) is 18.4. The summed E-state index contributed by atoms with van der Waals surface area (Å²) in [5.41, 5.74) is 0.883. The fraction of sp³-hybridized carbons (Fsp3) is 0.529. The lowest BCUT2D eigenvalue weighted by Gasteiger charge is -2.42. The van der Waals surface area contributed by atoms with Gasteiger partial charge in [-0.05, 0) is 12.5 Å².